The van der Waals surface area contributed by atoms with Crippen LogP contribution in [0.4, 0.5) is 0 Å². The van der Waals surface area contributed by atoms with Crippen molar-refractivity contribution < 1.29 is 0 Å². The molecule has 2 aliphatic rings. The molecule has 1 unspecified atom stereocenters. The van der Waals surface area contributed by atoms with Gasteiger partial charge in [-0.2, -0.15) is 0 Å². The van der Waals surface area contributed by atoms with Gasteiger partial charge >= 0.3 is 0 Å². The molecule has 0 aliphatic heterocycles. The molecule has 3 nitrogen and oxygen atoms in total. The van der Waals surface area contributed by atoms with Gasteiger partial charge in [0.05, 0.1) is 6.54 Å². The van der Waals surface area contributed by atoms with Gasteiger partial charge in [-0.15, -0.1) is 24.0 Å². The average Bonchev–Trinajstić information content (AvgIpc) is 2.44. The highest BCUT2D eigenvalue weighted by Crippen LogP contribution is 2.37. The highest BCUT2D eigenvalue weighted by molar-refractivity contribution is 14.0. The van der Waals surface area contributed by atoms with Crippen LogP contribution in [0.15, 0.2) is 29.3 Å². The quantitative estimate of drug-likeness (QED) is 0.450. The molecule has 0 heterocycles. The Kier molecular flexibility index (Phi) is 6.12. The SMILES string of the molecule is CC1(CN=C(N)NCC2CCC2)CCCc2ccccc21.I. The van der Waals surface area contributed by atoms with Crippen LogP contribution in [-0.2, 0) is 11.8 Å². The molecule has 1 fully saturated rings. The molecule has 122 valence electrons. The molecule has 4 heteroatoms. The zero-order chi connectivity index (χ0) is 14.7. The summed E-state index contributed by atoms with van der Waals surface area (Å²) in [5.74, 6) is 1.43. The van der Waals surface area contributed by atoms with Crippen molar-refractivity contribution in [1.82, 2.24) is 5.32 Å². The summed E-state index contributed by atoms with van der Waals surface area (Å²) < 4.78 is 0. The van der Waals surface area contributed by atoms with Crippen molar-refractivity contribution in [2.75, 3.05) is 13.1 Å². The van der Waals surface area contributed by atoms with Crippen LogP contribution in [0.3, 0.4) is 0 Å². The van der Waals surface area contributed by atoms with Gasteiger partial charge in [0.1, 0.15) is 0 Å². The fourth-order valence-electron chi connectivity index (χ4n) is 3.56. The Morgan fingerprint density at radius 1 is 1.32 bits per heavy atom. The smallest absolute Gasteiger partial charge is 0.188 e. The number of aliphatic imine (C=N–C) groups is 1. The number of fused-ring (bicyclic) bond motifs is 1. The predicted molar refractivity (Wildman–Crippen MR) is 104 cm³/mol. The number of nitrogens with two attached hydrogens (primary N) is 1. The molecule has 1 saturated carbocycles. The van der Waals surface area contributed by atoms with E-state index in [0.717, 1.165) is 19.0 Å². The second kappa shape index (κ2) is 7.66. The lowest BCUT2D eigenvalue weighted by molar-refractivity contribution is 0.315. The second-order valence-electron chi connectivity index (χ2n) is 6.95. The molecule has 0 saturated heterocycles. The first-order valence-corrected chi connectivity index (χ1v) is 8.29. The van der Waals surface area contributed by atoms with E-state index in [4.69, 9.17) is 5.73 Å². The average molecular weight is 413 g/mol. The molecule has 0 aromatic heterocycles. The van der Waals surface area contributed by atoms with Crippen molar-refractivity contribution in [3.8, 4) is 0 Å². The number of aryl methyl sites for hydroxylation is 1. The molecule has 1 atom stereocenters. The Balaban J connectivity index is 0.00000176. The van der Waals surface area contributed by atoms with Crippen LogP contribution in [0.25, 0.3) is 0 Å². The van der Waals surface area contributed by atoms with Crippen molar-refractivity contribution in [2.24, 2.45) is 16.6 Å². The molecule has 1 aromatic rings. The molecule has 0 radical (unpaired) electrons. The minimum atomic E-state index is 0. The zero-order valence-corrected chi connectivity index (χ0v) is 15.8. The van der Waals surface area contributed by atoms with Gasteiger partial charge in [-0.25, -0.2) is 0 Å². The summed E-state index contributed by atoms with van der Waals surface area (Å²) in [6.45, 7) is 4.10. The maximum atomic E-state index is 6.04. The fraction of sp³-hybridized carbons (Fsp3) is 0.611. The largest absolute Gasteiger partial charge is 0.370 e. The lowest BCUT2D eigenvalue weighted by Crippen LogP contribution is -2.39. The number of hydrogen-bond donors (Lipinski definition) is 2. The summed E-state index contributed by atoms with van der Waals surface area (Å²) in [5.41, 5.74) is 9.13. The lowest BCUT2D eigenvalue weighted by atomic mass is 9.71. The third-order valence-electron chi connectivity index (χ3n) is 5.24. The Hall–Kier alpha value is -0.780. The number of guanidine groups is 1. The maximum Gasteiger partial charge on any atom is 0.188 e. The Labute approximate surface area is 151 Å². The fourth-order valence-corrected chi connectivity index (χ4v) is 3.56. The maximum absolute atomic E-state index is 6.04. The Morgan fingerprint density at radius 2 is 2.09 bits per heavy atom. The van der Waals surface area contributed by atoms with Gasteiger partial charge in [0.15, 0.2) is 5.96 Å². The summed E-state index contributed by atoms with van der Waals surface area (Å²) in [4.78, 5) is 4.63. The van der Waals surface area contributed by atoms with Crippen LogP contribution in [0.2, 0.25) is 0 Å². The van der Waals surface area contributed by atoms with Gasteiger partial charge in [0, 0.05) is 12.0 Å². The van der Waals surface area contributed by atoms with Crippen LogP contribution < -0.4 is 11.1 Å². The molecule has 0 bridgehead atoms. The van der Waals surface area contributed by atoms with Crippen LogP contribution in [-0.4, -0.2) is 19.0 Å². The topological polar surface area (TPSA) is 50.4 Å². The molecule has 3 rings (SSSR count). The van der Waals surface area contributed by atoms with Crippen LogP contribution in [0, 0.1) is 5.92 Å². The van der Waals surface area contributed by atoms with Crippen molar-refractivity contribution in [3.05, 3.63) is 35.4 Å². The summed E-state index contributed by atoms with van der Waals surface area (Å²) in [6, 6.07) is 8.81. The first kappa shape index (κ1) is 17.6. The monoisotopic (exact) mass is 413 g/mol. The van der Waals surface area contributed by atoms with E-state index < -0.39 is 0 Å². The molecular formula is C18H28IN3. The van der Waals surface area contributed by atoms with E-state index in [0.29, 0.717) is 5.96 Å². The van der Waals surface area contributed by atoms with E-state index in [-0.39, 0.29) is 29.4 Å². The number of benzene rings is 1. The highest BCUT2D eigenvalue weighted by Gasteiger charge is 2.31. The Morgan fingerprint density at radius 3 is 2.82 bits per heavy atom. The summed E-state index contributed by atoms with van der Waals surface area (Å²) in [6.07, 6.45) is 7.70. The van der Waals surface area contributed by atoms with Crippen molar-refractivity contribution in [1.29, 1.82) is 0 Å². The van der Waals surface area contributed by atoms with Gasteiger partial charge in [-0.3, -0.25) is 4.99 Å². The van der Waals surface area contributed by atoms with Crippen LogP contribution in [0.1, 0.15) is 50.2 Å². The predicted octanol–water partition coefficient (Wildman–Crippen LogP) is 3.60. The number of nitrogens with zero attached hydrogens (tertiary/aromatic N) is 1. The normalized spacial score (nSPS) is 24.9. The van der Waals surface area contributed by atoms with Gasteiger partial charge in [-0.05, 0) is 49.1 Å². The highest BCUT2D eigenvalue weighted by atomic mass is 127. The van der Waals surface area contributed by atoms with E-state index >= 15 is 0 Å². The number of hydrogen-bond acceptors (Lipinski definition) is 1. The summed E-state index contributed by atoms with van der Waals surface area (Å²) >= 11 is 0. The lowest BCUT2D eigenvalue weighted by Gasteiger charge is -2.35. The molecule has 2 aliphatic carbocycles. The van der Waals surface area contributed by atoms with Crippen LogP contribution >= 0.6 is 24.0 Å². The minimum absolute atomic E-state index is 0. The van der Waals surface area contributed by atoms with Crippen molar-refractivity contribution in [3.63, 3.8) is 0 Å². The van der Waals surface area contributed by atoms with Gasteiger partial charge in [0.2, 0.25) is 0 Å². The van der Waals surface area contributed by atoms with Crippen molar-refractivity contribution >= 4 is 29.9 Å². The van der Waals surface area contributed by atoms with Crippen LogP contribution in [0.5, 0.6) is 0 Å². The molecule has 1 aromatic carbocycles. The number of nitrogens with one attached hydrogen (secondary N) is 1. The molecule has 3 N–H and O–H groups in total. The second-order valence-corrected chi connectivity index (χ2v) is 6.95. The van der Waals surface area contributed by atoms with E-state index in [2.05, 4.69) is 41.5 Å². The first-order valence-electron chi connectivity index (χ1n) is 8.29. The van der Waals surface area contributed by atoms with Gasteiger partial charge in [-0.1, -0.05) is 37.6 Å². The third-order valence-corrected chi connectivity index (χ3v) is 5.24. The van der Waals surface area contributed by atoms with E-state index in [1.165, 1.54) is 49.7 Å². The first-order chi connectivity index (χ1) is 10.2. The van der Waals surface area contributed by atoms with Gasteiger partial charge in [0.25, 0.3) is 0 Å². The molecule has 22 heavy (non-hydrogen) atoms. The standard InChI is InChI=1S/C18H27N3.HI/c1-18(11-5-9-15-8-2-3-10-16(15)18)13-21-17(19)20-12-14-6-4-7-14;/h2-3,8,10,14H,4-7,9,11-13H2,1H3,(H3,19,20,21);1H. The van der Waals surface area contributed by atoms with E-state index in [1.807, 2.05) is 0 Å². The number of rotatable bonds is 4. The summed E-state index contributed by atoms with van der Waals surface area (Å²) in [7, 11) is 0. The molecular weight excluding hydrogens is 385 g/mol. The third kappa shape index (κ3) is 3.94. The van der Waals surface area contributed by atoms with Crippen molar-refractivity contribution in [2.45, 2.75) is 50.9 Å². The molecule has 0 spiro atoms. The summed E-state index contributed by atoms with van der Waals surface area (Å²) in [5, 5.41) is 3.29. The number of halogens is 1. The molecule has 0 amide bonds. The van der Waals surface area contributed by atoms with Gasteiger partial charge < -0.3 is 11.1 Å². The van der Waals surface area contributed by atoms with E-state index in [1.54, 1.807) is 0 Å². The minimum Gasteiger partial charge on any atom is -0.370 e. The van der Waals surface area contributed by atoms with E-state index in [9.17, 15) is 0 Å². The zero-order valence-electron chi connectivity index (χ0n) is 13.5. The Bertz CT molecular complexity index is 525.